The van der Waals surface area contributed by atoms with E-state index < -0.39 is 35.4 Å². The van der Waals surface area contributed by atoms with E-state index in [1.807, 2.05) is 12.1 Å². The lowest BCUT2D eigenvalue weighted by molar-refractivity contribution is -0.692. The first kappa shape index (κ1) is 33.0. The number of nitrogens with two attached hydrogens (primary N) is 1. The molecule has 1 aromatic heterocycles. The van der Waals surface area contributed by atoms with Crippen LogP contribution in [-0.2, 0) is 37.1 Å². The Morgan fingerprint density at radius 1 is 1.16 bits per heavy atom. The largest absolute Gasteiger partial charge is 0.543 e. The predicted octanol–water partition coefficient (Wildman–Crippen LogP) is -0.143. The van der Waals surface area contributed by atoms with E-state index >= 15 is 0 Å². The third kappa shape index (κ3) is 7.61. The van der Waals surface area contributed by atoms with E-state index in [0.29, 0.717) is 35.6 Å². The van der Waals surface area contributed by atoms with Gasteiger partial charge in [-0.1, -0.05) is 6.07 Å². The number of phenols is 1. The molecule has 0 radical (unpaired) electrons. The molecular weight excluding hydrogens is 623 g/mol. The van der Waals surface area contributed by atoms with Crippen LogP contribution in [0.4, 0.5) is 18.9 Å². The number of hydrogen-bond donors (Lipinski definition) is 4. The highest BCUT2D eigenvalue weighted by Crippen LogP contribution is 2.40. The van der Waals surface area contributed by atoms with Gasteiger partial charge in [-0.05, 0) is 42.3 Å². The number of β-lactam (4-membered cyclic amide) rings is 1. The Hall–Kier alpha value is -4.90. The van der Waals surface area contributed by atoms with Crippen molar-refractivity contribution in [1.82, 2.24) is 9.80 Å². The molecule has 17 heteroatoms. The van der Waals surface area contributed by atoms with Crippen molar-refractivity contribution >= 4 is 47.1 Å². The van der Waals surface area contributed by atoms with Gasteiger partial charge in [-0.2, -0.15) is 17.7 Å². The first-order chi connectivity index (χ1) is 21.2. The van der Waals surface area contributed by atoms with Crippen LogP contribution in [0.5, 0.6) is 5.75 Å². The number of halogens is 3. The summed E-state index contributed by atoms with van der Waals surface area (Å²) in [4.78, 5) is 61.5. The van der Waals surface area contributed by atoms with Crippen LogP contribution < -0.4 is 20.7 Å². The summed E-state index contributed by atoms with van der Waals surface area (Å²) in [6.45, 7) is 0.705. The maximum absolute atomic E-state index is 13.2. The number of likely N-dealkylation sites (tertiary alicyclic amines) is 1. The van der Waals surface area contributed by atoms with Crippen LogP contribution in [0.1, 0.15) is 12.1 Å². The fourth-order valence-corrected chi connectivity index (χ4v) is 5.96. The number of carbonyl (C=O) groups is 5. The minimum Gasteiger partial charge on any atom is -0.543 e. The second-order valence-corrected chi connectivity index (χ2v) is 11.1. The quantitative estimate of drug-likeness (QED) is 0.136. The molecule has 0 spiro atoms. The number of thioether (sulfide) groups is 1. The number of aliphatic carboxylic acids is 2. The number of fused-ring (bicyclic) bond motifs is 1. The summed E-state index contributed by atoms with van der Waals surface area (Å²) in [5, 5.41) is 30.7. The minimum absolute atomic E-state index is 0.0218. The summed E-state index contributed by atoms with van der Waals surface area (Å²) < 4.78 is 33.5. The number of carboxylic acid groups (broad SMARTS) is 2. The summed E-state index contributed by atoms with van der Waals surface area (Å²) in [7, 11) is 0. The standard InChI is InChI=1S/C26H25N5O6S.C2HF3O2/c27-21-24(35)31-22(26(36)37)16(14-38-25(21)31)11-15-8-10-30(23(15)34)12-18-3-1-2-9-29(18)13-20(33)28-17-4-6-19(32)7-5-17;3-2(4,5)1(6)7/h1-7,9,11,21,25H,8,10,12-14,27H2,(H2-,28,32,33,36,37);(H,6,7)/t21-,25-;/m1./s1. The Labute approximate surface area is 257 Å². The van der Waals surface area contributed by atoms with Gasteiger partial charge >= 0.3 is 12.1 Å². The van der Waals surface area contributed by atoms with E-state index in [1.165, 1.54) is 23.9 Å². The molecule has 1 aromatic carbocycles. The number of aromatic nitrogens is 1. The van der Waals surface area contributed by atoms with Gasteiger partial charge in [0.1, 0.15) is 23.7 Å². The molecule has 4 heterocycles. The predicted molar refractivity (Wildman–Crippen MR) is 148 cm³/mol. The van der Waals surface area contributed by atoms with Gasteiger partial charge in [0, 0.05) is 35.7 Å². The van der Waals surface area contributed by atoms with Crippen LogP contribution in [0.25, 0.3) is 0 Å². The number of nitrogens with one attached hydrogen (secondary N) is 1. The van der Waals surface area contributed by atoms with Crippen LogP contribution in [0.2, 0.25) is 0 Å². The fourth-order valence-electron chi connectivity index (χ4n) is 4.71. The Balaban J connectivity index is 0.000000591. The first-order valence-electron chi connectivity index (χ1n) is 13.2. The van der Waals surface area contributed by atoms with Crippen LogP contribution >= 0.6 is 11.8 Å². The molecule has 0 saturated carbocycles. The molecule has 45 heavy (non-hydrogen) atoms. The molecule has 3 amide bonds. The fraction of sp³-hybridized carbons (Fsp3) is 0.286. The monoisotopic (exact) mass is 649 g/mol. The van der Waals surface area contributed by atoms with E-state index in [9.17, 15) is 42.6 Å². The highest BCUT2D eigenvalue weighted by Gasteiger charge is 2.50. The molecule has 3 aliphatic heterocycles. The zero-order valence-corrected chi connectivity index (χ0v) is 24.0. The number of pyridine rings is 1. The van der Waals surface area contributed by atoms with Gasteiger partial charge < -0.3 is 36.1 Å². The number of amides is 3. The number of anilines is 1. The molecule has 2 atom stereocenters. The SMILES string of the molecule is N[C@@H]1C(=O)N2C(C(=O)[O-])=C(C=C3CCN(Cc4cccc[n+]4CC(=O)Nc4ccc(O)cc4)C3=O)CS[C@H]12.O=C(O)C(F)(F)F. The molecule has 0 aliphatic carbocycles. The van der Waals surface area contributed by atoms with Gasteiger partial charge in [-0.15, -0.1) is 11.8 Å². The van der Waals surface area contributed by atoms with Crippen LogP contribution in [-0.4, -0.2) is 79.6 Å². The summed E-state index contributed by atoms with van der Waals surface area (Å²) in [5.74, 6) is -4.80. The van der Waals surface area contributed by atoms with Crippen LogP contribution in [0.15, 0.2) is 71.6 Å². The number of hydrogen-bond acceptors (Lipinski definition) is 9. The summed E-state index contributed by atoms with van der Waals surface area (Å²) in [5.41, 5.74) is 7.67. The molecule has 3 aliphatic rings. The number of alkyl halides is 3. The van der Waals surface area contributed by atoms with Crippen molar-refractivity contribution in [2.24, 2.45) is 5.73 Å². The van der Waals surface area contributed by atoms with Gasteiger partial charge in [-0.3, -0.25) is 19.3 Å². The molecule has 2 fully saturated rings. The highest BCUT2D eigenvalue weighted by atomic mass is 32.2. The van der Waals surface area contributed by atoms with Crippen LogP contribution in [0, 0.1) is 0 Å². The van der Waals surface area contributed by atoms with E-state index in [4.69, 9.17) is 15.6 Å². The molecule has 2 aromatic rings. The van der Waals surface area contributed by atoms with E-state index in [-0.39, 0.29) is 36.4 Å². The third-order valence-electron chi connectivity index (χ3n) is 6.89. The lowest BCUT2D eigenvalue weighted by atomic mass is 10.0. The third-order valence-corrected chi connectivity index (χ3v) is 8.21. The zero-order chi connectivity index (χ0) is 33.1. The minimum atomic E-state index is -5.08. The lowest BCUT2D eigenvalue weighted by Gasteiger charge is -2.49. The molecule has 0 unspecified atom stereocenters. The molecule has 13 nitrogen and oxygen atoms in total. The lowest BCUT2D eigenvalue weighted by Crippen LogP contribution is -2.69. The number of benzene rings is 1. The number of carboxylic acids is 2. The maximum atomic E-state index is 13.2. The maximum Gasteiger partial charge on any atom is 0.490 e. The molecule has 5 N–H and O–H groups in total. The van der Waals surface area contributed by atoms with E-state index in [2.05, 4.69) is 5.32 Å². The number of phenolic OH excluding ortho intramolecular Hbond substituents is 1. The summed E-state index contributed by atoms with van der Waals surface area (Å²) >= 11 is 1.36. The summed E-state index contributed by atoms with van der Waals surface area (Å²) in [6.07, 6.45) is -1.36. The van der Waals surface area contributed by atoms with Gasteiger partial charge in [0.15, 0.2) is 6.20 Å². The number of nitrogens with zero attached hydrogens (tertiary/aromatic N) is 3. The number of carbonyl (C=O) groups excluding carboxylic acids is 4. The molecule has 5 rings (SSSR count). The Kier molecular flexibility index (Phi) is 9.82. The van der Waals surface area contributed by atoms with Crippen molar-refractivity contribution in [1.29, 1.82) is 0 Å². The van der Waals surface area contributed by atoms with Gasteiger partial charge in [0.2, 0.25) is 24.1 Å². The highest BCUT2D eigenvalue weighted by molar-refractivity contribution is 8.00. The van der Waals surface area contributed by atoms with Gasteiger partial charge in [0.05, 0.1) is 11.7 Å². The van der Waals surface area contributed by atoms with Crippen molar-refractivity contribution in [2.75, 3.05) is 17.6 Å². The molecule has 238 valence electrons. The van der Waals surface area contributed by atoms with Crippen molar-refractivity contribution in [3.05, 3.63) is 77.3 Å². The molecule has 2 saturated heterocycles. The number of aromatic hydroxyl groups is 1. The van der Waals surface area contributed by atoms with Crippen molar-refractivity contribution in [2.45, 2.75) is 37.1 Å². The van der Waals surface area contributed by atoms with E-state index in [1.54, 1.807) is 39.9 Å². The molecule has 0 bridgehead atoms. The smallest absolute Gasteiger partial charge is 0.490 e. The molecular formula is C28H26F3N5O8S. The zero-order valence-electron chi connectivity index (χ0n) is 23.2. The van der Waals surface area contributed by atoms with Crippen LogP contribution in [0.3, 0.4) is 0 Å². The Morgan fingerprint density at radius 2 is 1.82 bits per heavy atom. The van der Waals surface area contributed by atoms with Crippen molar-refractivity contribution in [3.8, 4) is 5.75 Å². The average Bonchev–Trinajstić information content (AvgIpc) is 3.32. The summed E-state index contributed by atoms with van der Waals surface area (Å²) in [6, 6.07) is 10.9. The van der Waals surface area contributed by atoms with Gasteiger partial charge in [0.25, 0.3) is 5.91 Å². The van der Waals surface area contributed by atoms with E-state index in [0.717, 1.165) is 10.6 Å². The topological polar surface area (TPSA) is 197 Å². The number of rotatable bonds is 7. The number of allylic oxidation sites excluding steroid dienone is 1. The van der Waals surface area contributed by atoms with Gasteiger partial charge in [-0.25, -0.2) is 4.79 Å². The Morgan fingerprint density at radius 3 is 2.44 bits per heavy atom. The second-order valence-electron chi connectivity index (χ2n) is 9.96. The average molecular weight is 650 g/mol. The second kappa shape index (κ2) is 13.4. The van der Waals surface area contributed by atoms with Crippen molar-refractivity contribution in [3.63, 3.8) is 0 Å². The Bertz CT molecular complexity index is 1600. The first-order valence-corrected chi connectivity index (χ1v) is 14.2. The normalized spacial score (nSPS) is 20.3. The van der Waals surface area contributed by atoms with Crippen molar-refractivity contribution < 1.29 is 57.0 Å².